The van der Waals surface area contributed by atoms with Crippen molar-refractivity contribution in [1.82, 2.24) is 20.5 Å². The van der Waals surface area contributed by atoms with E-state index in [4.69, 9.17) is 4.42 Å². The third-order valence-corrected chi connectivity index (χ3v) is 5.75. The van der Waals surface area contributed by atoms with Gasteiger partial charge in [0.2, 0.25) is 17.7 Å². The molecule has 3 N–H and O–H groups in total. The Morgan fingerprint density at radius 1 is 1.24 bits per heavy atom. The molecule has 1 aromatic carbocycles. The number of nitrogens with zero attached hydrogens (tertiary/aromatic N) is 2. The Kier molecular flexibility index (Phi) is 7.22. The minimum atomic E-state index is -0.803. The van der Waals surface area contributed by atoms with Gasteiger partial charge in [-0.15, -0.1) is 0 Å². The number of aromatic nitrogens is 1. The molecule has 178 valence electrons. The first-order valence-corrected chi connectivity index (χ1v) is 11.0. The summed E-state index contributed by atoms with van der Waals surface area (Å²) < 4.78 is 5.40. The summed E-state index contributed by atoms with van der Waals surface area (Å²) in [6.07, 6.45) is 0.753. The van der Waals surface area contributed by atoms with Gasteiger partial charge in [0.25, 0.3) is 0 Å². The number of hydrogen-bond donors (Lipinski definition) is 3. The van der Waals surface area contributed by atoms with Gasteiger partial charge in [-0.1, -0.05) is 45.0 Å². The SMILES string of the molecule is CC(=O)NC(C(=O)N1CC(O)CC1C(=O)NCc1ccc(-c2ocnc2C)cc1)C(C)(C)C. The summed E-state index contributed by atoms with van der Waals surface area (Å²) in [5.41, 5.74) is 2.02. The fourth-order valence-electron chi connectivity index (χ4n) is 3.98. The predicted octanol–water partition coefficient (Wildman–Crippen LogP) is 1.78. The van der Waals surface area contributed by atoms with Crippen LogP contribution in [0.15, 0.2) is 35.1 Å². The minimum absolute atomic E-state index is 0.0499. The van der Waals surface area contributed by atoms with E-state index in [-0.39, 0.29) is 37.2 Å². The third kappa shape index (κ3) is 5.78. The van der Waals surface area contributed by atoms with Gasteiger partial charge in [-0.2, -0.15) is 0 Å². The fourth-order valence-corrected chi connectivity index (χ4v) is 3.98. The van der Waals surface area contributed by atoms with Crippen LogP contribution in [0.25, 0.3) is 11.3 Å². The Bertz CT molecular complexity index is 1010. The van der Waals surface area contributed by atoms with Gasteiger partial charge >= 0.3 is 0 Å². The van der Waals surface area contributed by atoms with Crippen molar-refractivity contribution in [3.8, 4) is 11.3 Å². The van der Waals surface area contributed by atoms with Crippen molar-refractivity contribution in [1.29, 1.82) is 0 Å². The Balaban J connectivity index is 1.67. The smallest absolute Gasteiger partial charge is 0.246 e. The van der Waals surface area contributed by atoms with E-state index >= 15 is 0 Å². The van der Waals surface area contributed by atoms with Gasteiger partial charge in [0, 0.05) is 32.0 Å². The van der Waals surface area contributed by atoms with Crippen molar-refractivity contribution in [3.63, 3.8) is 0 Å². The van der Waals surface area contributed by atoms with Gasteiger partial charge in [0.1, 0.15) is 12.1 Å². The molecule has 2 heterocycles. The van der Waals surface area contributed by atoms with Crippen molar-refractivity contribution in [2.45, 2.75) is 65.8 Å². The lowest BCUT2D eigenvalue weighted by molar-refractivity contribution is -0.143. The van der Waals surface area contributed by atoms with Crippen LogP contribution in [-0.2, 0) is 20.9 Å². The minimum Gasteiger partial charge on any atom is -0.443 e. The van der Waals surface area contributed by atoms with E-state index in [1.807, 2.05) is 52.0 Å². The molecule has 0 saturated carbocycles. The maximum Gasteiger partial charge on any atom is 0.246 e. The first kappa shape index (κ1) is 24.4. The molecule has 1 fully saturated rings. The molecule has 0 bridgehead atoms. The Morgan fingerprint density at radius 3 is 2.45 bits per heavy atom. The molecule has 3 unspecified atom stereocenters. The van der Waals surface area contributed by atoms with Crippen molar-refractivity contribution >= 4 is 17.7 Å². The monoisotopic (exact) mass is 456 g/mol. The molecule has 9 nitrogen and oxygen atoms in total. The van der Waals surface area contributed by atoms with Crippen molar-refractivity contribution in [3.05, 3.63) is 41.9 Å². The number of likely N-dealkylation sites (tertiary alicyclic amines) is 1. The van der Waals surface area contributed by atoms with Crippen molar-refractivity contribution in [2.75, 3.05) is 6.54 Å². The molecular weight excluding hydrogens is 424 g/mol. The van der Waals surface area contributed by atoms with E-state index in [9.17, 15) is 19.5 Å². The number of aryl methyl sites for hydroxylation is 1. The quantitative estimate of drug-likeness (QED) is 0.609. The average molecular weight is 457 g/mol. The highest BCUT2D eigenvalue weighted by Gasteiger charge is 2.44. The summed E-state index contributed by atoms with van der Waals surface area (Å²) in [6, 6.07) is 5.95. The van der Waals surface area contributed by atoms with Crippen LogP contribution in [0.1, 0.15) is 45.4 Å². The highest BCUT2D eigenvalue weighted by atomic mass is 16.3. The molecule has 1 aromatic heterocycles. The lowest BCUT2D eigenvalue weighted by Crippen LogP contribution is -2.57. The van der Waals surface area contributed by atoms with E-state index in [1.165, 1.54) is 18.2 Å². The van der Waals surface area contributed by atoms with E-state index in [2.05, 4.69) is 15.6 Å². The van der Waals surface area contributed by atoms with Crippen molar-refractivity contribution in [2.24, 2.45) is 5.41 Å². The van der Waals surface area contributed by atoms with Gasteiger partial charge < -0.3 is 25.1 Å². The molecule has 3 rings (SSSR count). The molecule has 1 aliphatic rings. The molecular formula is C24H32N4O5. The zero-order valence-electron chi connectivity index (χ0n) is 19.7. The van der Waals surface area contributed by atoms with Crippen LogP contribution < -0.4 is 10.6 Å². The van der Waals surface area contributed by atoms with E-state index < -0.39 is 23.6 Å². The summed E-state index contributed by atoms with van der Waals surface area (Å²) in [7, 11) is 0. The maximum absolute atomic E-state index is 13.2. The Hall–Kier alpha value is -3.20. The molecule has 2 aromatic rings. The summed E-state index contributed by atoms with van der Waals surface area (Å²) in [6.45, 7) is 9.08. The first-order valence-electron chi connectivity index (χ1n) is 11.0. The molecule has 33 heavy (non-hydrogen) atoms. The number of hydrogen-bond acceptors (Lipinski definition) is 6. The molecule has 1 aliphatic heterocycles. The average Bonchev–Trinajstić information content (AvgIpc) is 3.35. The Morgan fingerprint density at radius 2 is 1.91 bits per heavy atom. The van der Waals surface area contributed by atoms with Gasteiger partial charge in [-0.05, 0) is 17.9 Å². The number of benzene rings is 1. The largest absolute Gasteiger partial charge is 0.443 e. The van der Waals surface area contributed by atoms with Gasteiger partial charge in [0.15, 0.2) is 12.2 Å². The zero-order valence-corrected chi connectivity index (χ0v) is 19.7. The maximum atomic E-state index is 13.2. The summed E-state index contributed by atoms with van der Waals surface area (Å²) in [5.74, 6) is -0.341. The molecule has 0 aliphatic carbocycles. The molecule has 0 radical (unpaired) electrons. The van der Waals surface area contributed by atoms with Crippen LogP contribution in [-0.4, -0.2) is 57.4 Å². The van der Waals surface area contributed by atoms with Crippen LogP contribution >= 0.6 is 0 Å². The van der Waals surface area contributed by atoms with E-state index in [0.717, 1.165) is 16.8 Å². The van der Waals surface area contributed by atoms with Gasteiger partial charge in [-0.3, -0.25) is 14.4 Å². The number of aliphatic hydroxyl groups is 1. The molecule has 9 heteroatoms. The molecule has 0 spiro atoms. The second-order valence-corrected chi connectivity index (χ2v) is 9.58. The lowest BCUT2D eigenvalue weighted by atomic mass is 9.85. The number of carbonyl (C=O) groups is 3. The van der Waals surface area contributed by atoms with Crippen LogP contribution in [0, 0.1) is 12.3 Å². The summed E-state index contributed by atoms with van der Waals surface area (Å²) >= 11 is 0. The third-order valence-electron chi connectivity index (χ3n) is 5.75. The number of amides is 3. The topological polar surface area (TPSA) is 125 Å². The van der Waals surface area contributed by atoms with Crippen LogP contribution in [0.5, 0.6) is 0 Å². The molecule has 3 amide bonds. The van der Waals surface area contributed by atoms with Crippen LogP contribution in [0.4, 0.5) is 0 Å². The molecule has 1 saturated heterocycles. The number of carbonyl (C=O) groups excluding carboxylic acids is 3. The predicted molar refractivity (Wildman–Crippen MR) is 122 cm³/mol. The fraction of sp³-hybridized carbons (Fsp3) is 0.500. The highest BCUT2D eigenvalue weighted by molar-refractivity contribution is 5.92. The normalized spacial score (nSPS) is 19.3. The number of oxazole rings is 1. The van der Waals surface area contributed by atoms with Crippen LogP contribution in [0.3, 0.4) is 0 Å². The van der Waals surface area contributed by atoms with Gasteiger partial charge in [0.05, 0.1) is 11.8 Å². The lowest BCUT2D eigenvalue weighted by Gasteiger charge is -2.35. The van der Waals surface area contributed by atoms with Crippen LogP contribution in [0.2, 0.25) is 0 Å². The number of β-amino-alcohol motifs (C(OH)–C–C–N with tert-alkyl or cyclic N) is 1. The van der Waals surface area contributed by atoms with Gasteiger partial charge in [-0.25, -0.2) is 4.98 Å². The second kappa shape index (κ2) is 9.74. The van der Waals surface area contributed by atoms with E-state index in [1.54, 1.807) is 0 Å². The zero-order chi connectivity index (χ0) is 24.3. The Labute approximate surface area is 193 Å². The standard InChI is InChI=1S/C24H32N4O5/c1-14-20(33-13-26-14)17-8-6-16(7-9-17)11-25-22(31)19-10-18(30)12-28(19)23(32)21(24(3,4)5)27-15(2)29/h6-9,13,18-19,21,30H,10-12H2,1-5H3,(H,25,31)(H,27,29). The number of aliphatic hydroxyl groups excluding tert-OH is 1. The second-order valence-electron chi connectivity index (χ2n) is 9.58. The highest BCUT2D eigenvalue weighted by Crippen LogP contribution is 2.26. The summed E-state index contributed by atoms with van der Waals surface area (Å²) in [5, 5.41) is 15.7. The van der Waals surface area contributed by atoms with E-state index in [0.29, 0.717) is 5.76 Å². The first-order chi connectivity index (χ1) is 15.5. The number of rotatable bonds is 6. The van der Waals surface area contributed by atoms with Crippen molar-refractivity contribution < 1.29 is 23.9 Å². The summed E-state index contributed by atoms with van der Waals surface area (Å²) in [4.78, 5) is 43.3. The number of nitrogens with one attached hydrogen (secondary N) is 2. The molecule has 3 atom stereocenters.